The molecule has 172 valence electrons. The summed E-state index contributed by atoms with van der Waals surface area (Å²) >= 11 is 7.05. The normalized spacial score (nSPS) is 15.5. The van der Waals surface area contributed by atoms with Crippen molar-refractivity contribution in [3.63, 3.8) is 0 Å². The van der Waals surface area contributed by atoms with Crippen molar-refractivity contribution in [2.75, 3.05) is 12.4 Å². The molecule has 2 N–H and O–H groups in total. The number of ether oxygens (including phenoxy) is 1. The Kier molecular flexibility index (Phi) is 6.43. The number of methoxy groups -OCH3 is 1. The third-order valence-corrected chi connectivity index (χ3v) is 7.07. The minimum Gasteiger partial charge on any atom is -0.495 e. The van der Waals surface area contributed by atoms with E-state index in [1.54, 1.807) is 7.11 Å². The number of anilines is 2. The smallest absolute Gasteiger partial charge is 0.251 e. The molecule has 2 fully saturated rings. The van der Waals surface area contributed by atoms with E-state index >= 15 is 0 Å². The summed E-state index contributed by atoms with van der Waals surface area (Å²) < 4.78 is 8.03. The van der Waals surface area contributed by atoms with E-state index < -0.39 is 0 Å². The van der Waals surface area contributed by atoms with Crippen molar-refractivity contribution in [2.24, 2.45) is 0 Å². The molecule has 0 unspecified atom stereocenters. The lowest BCUT2D eigenvalue weighted by atomic mass is 10.1. The Morgan fingerprint density at radius 1 is 1.18 bits per heavy atom. The Morgan fingerprint density at radius 3 is 2.64 bits per heavy atom. The van der Waals surface area contributed by atoms with Gasteiger partial charge in [-0.15, -0.1) is 5.10 Å². The van der Waals surface area contributed by atoms with Gasteiger partial charge in [0.15, 0.2) is 3.95 Å². The third kappa shape index (κ3) is 5.61. The van der Waals surface area contributed by atoms with Crippen molar-refractivity contribution < 1.29 is 9.53 Å². The summed E-state index contributed by atoms with van der Waals surface area (Å²) in [6.07, 6.45) is 4.56. The lowest BCUT2D eigenvalue weighted by molar-refractivity contribution is 0.0951. The molecule has 2 aromatic carbocycles. The minimum atomic E-state index is 0.0203. The first kappa shape index (κ1) is 22.1. The number of benzene rings is 2. The number of carbonyl (C=O) groups is 1. The van der Waals surface area contributed by atoms with Crippen molar-refractivity contribution in [1.29, 1.82) is 0 Å². The SMILES string of the molecule is COc1ccccc1Nc1nn(CN(Cc2ccc(C(=O)NC3CC3)cc2)C2CC2)c(=S)s1. The van der Waals surface area contributed by atoms with E-state index in [0.29, 0.717) is 18.8 Å². The van der Waals surface area contributed by atoms with Gasteiger partial charge >= 0.3 is 0 Å². The number of nitrogens with one attached hydrogen (secondary N) is 2. The molecular formula is C24H27N5O2S2. The van der Waals surface area contributed by atoms with Crippen molar-refractivity contribution in [1.82, 2.24) is 20.0 Å². The van der Waals surface area contributed by atoms with E-state index in [1.807, 2.05) is 53.2 Å². The van der Waals surface area contributed by atoms with Crippen LogP contribution in [0.2, 0.25) is 0 Å². The Morgan fingerprint density at radius 2 is 1.94 bits per heavy atom. The van der Waals surface area contributed by atoms with E-state index in [1.165, 1.54) is 29.7 Å². The molecule has 0 radical (unpaired) electrons. The number of nitrogens with zero attached hydrogens (tertiary/aromatic N) is 3. The highest BCUT2D eigenvalue weighted by Crippen LogP contribution is 2.31. The number of carbonyl (C=O) groups excluding carboxylic acids is 1. The van der Waals surface area contributed by atoms with Gasteiger partial charge in [-0.25, -0.2) is 4.68 Å². The van der Waals surface area contributed by atoms with Crippen LogP contribution >= 0.6 is 23.6 Å². The number of para-hydroxylation sites is 2. The lowest BCUT2D eigenvalue weighted by Crippen LogP contribution is -2.29. The van der Waals surface area contributed by atoms with Crippen molar-refractivity contribution in [3.8, 4) is 5.75 Å². The summed E-state index contributed by atoms with van der Waals surface area (Å²) in [7, 11) is 1.65. The molecule has 1 amide bonds. The molecule has 7 nitrogen and oxygen atoms in total. The zero-order valence-electron chi connectivity index (χ0n) is 18.5. The van der Waals surface area contributed by atoms with Crippen LogP contribution in [-0.4, -0.2) is 39.8 Å². The van der Waals surface area contributed by atoms with Crippen molar-refractivity contribution in [3.05, 3.63) is 63.6 Å². The van der Waals surface area contributed by atoms with Gasteiger partial charge in [0.25, 0.3) is 5.91 Å². The maximum absolute atomic E-state index is 12.2. The first-order chi connectivity index (χ1) is 16.1. The van der Waals surface area contributed by atoms with E-state index in [0.717, 1.165) is 45.5 Å². The van der Waals surface area contributed by atoms with Gasteiger partial charge in [-0.05, 0) is 67.7 Å². The monoisotopic (exact) mass is 481 g/mol. The van der Waals surface area contributed by atoms with E-state index in [2.05, 4.69) is 15.5 Å². The van der Waals surface area contributed by atoms with Gasteiger partial charge in [0.2, 0.25) is 5.13 Å². The molecular weight excluding hydrogens is 454 g/mol. The molecule has 0 atom stereocenters. The van der Waals surface area contributed by atoms with Crippen LogP contribution < -0.4 is 15.4 Å². The molecule has 2 aliphatic carbocycles. The summed E-state index contributed by atoms with van der Waals surface area (Å²) in [5, 5.41) is 11.8. The van der Waals surface area contributed by atoms with Gasteiger partial charge in [-0.1, -0.05) is 35.6 Å². The second kappa shape index (κ2) is 9.62. The lowest BCUT2D eigenvalue weighted by Gasteiger charge is -2.22. The number of aromatic nitrogens is 2. The third-order valence-electron chi connectivity index (χ3n) is 5.85. The van der Waals surface area contributed by atoms with Gasteiger partial charge in [0.05, 0.1) is 19.5 Å². The Balaban J connectivity index is 1.25. The average molecular weight is 482 g/mol. The van der Waals surface area contributed by atoms with Crippen LogP contribution in [0.1, 0.15) is 41.6 Å². The highest BCUT2D eigenvalue weighted by Gasteiger charge is 2.30. The van der Waals surface area contributed by atoms with E-state index in [9.17, 15) is 4.79 Å². The first-order valence-electron chi connectivity index (χ1n) is 11.2. The van der Waals surface area contributed by atoms with Crippen LogP contribution in [0.25, 0.3) is 0 Å². The zero-order valence-corrected chi connectivity index (χ0v) is 20.1. The van der Waals surface area contributed by atoms with Crippen LogP contribution in [0.4, 0.5) is 10.8 Å². The number of rotatable bonds is 10. The maximum Gasteiger partial charge on any atom is 0.251 e. The Labute approximate surface area is 202 Å². The average Bonchev–Trinajstić information content (AvgIpc) is 3.74. The van der Waals surface area contributed by atoms with Gasteiger partial charge in [-0.2, -0.15) is 0 Å². The van der Waals surface area contributed by atoms with Gasteiger partial charge in [0.1, 0.15) is 5.75 Å². The standard InChI is InChI=1S/C24H27N5O2S2/c1-31-21-5-3-2-4-20(21)26-23-27-29(24(32)33-23)15-28(19-12-13-19)14-16-6-8-17(9-7-16)22(30)25-18-10-11-18/h2-9,18-19H,10-15H2,1H3,(H,25,30)(H,26,27). The van der Waals surface area contributed by atoms with Crippen LogP contribution in [0.3, 0.4) is 0 Å². The van der Waals surface area contributed by atoms with E-state index in [-0.39, 0.29) is 5.91 Å². The topological polar surface area (TPSA) is 71.4 Å². The van der Waals surface area contributed by atoms with Crippen molar-refractivity contribution in [2.45, 2.75) is 51.0 Å². The predicted octanol–water partition coefficient (Wildman–Crippen LogP) is 4.94. The Hall–Kier alpha value is -2.75. The number of amides is 1. The van der Waals surface area contributed by atoms with Crippen molar-refractivity contribution >= 4 is 40.3 Å². The molecule has 0 bridgehead atoms. The maximum atomic E-state index is 12.2. The molecule has 0 spiro atoms. The van der Waals surface area contributed by atoms with Crippen LogP contribution in [0.5, 0.6) is 5.75 Å². The van der Waals surface area contributed by atoms with Crippen LogP contribution in [0.15, 0.2) is 48.5 Å². The number of hydrogen-bond donors (Lipinski definition) is 2. The number of hydrogen-bond acceptors (Lipinski definition) is 7. The fourth-order valence-corrected chi connectivity index (χ4v) is 4.71. The predicted molar refractivity (Wildman–Crippen MR) is 133 cm³/mol. The molecule has 1 aromatic heterocycles. The quantitative estimate of drug-likeness (QED) is 0.400. The molecule has 5 rings (SSSR count). The van der Waals surface area contributed by atoms with Crippen LogP contribution in [0, 0.1) is 3.95 Å². The minimum absolute atomic E-state index is 0.0203. The highest BCUT2D eigenvalue weighted by atomic mass is 32.1. The summed E-state index contributed by atoms with van der Waals surface area (Å²) in [5.74, 6) is 0.783. The fourth-order valence-electron chi connectivity index (χ4n) is 3.71. The first-order valence-corrected chi connectivity index (χ1v) is 12.4. The molecule has 33 heavy (non-hydrogen) atoms. The fraction of sp³-hybridized carbons (Fsp3) is 0.375. The molecule has 0 saturated heterocycles. The summed E-state index contributed by atoms with van der Waals surface area (Å²) in [5.41, 5.74) is 2.76. The second-order valence-corrected chi connectivity index (χ2v) is 10.2. The Bertz CT molecular complexity index is 1180. The molecule has 2 aliphatic rings. The molecule has 0 aliphatic heterocycles. The molecule has 3 aromatic rings. The van der Waals surface area contributed by atoms with Gasteiger partial charge < -0.3 is 15.4 Å². The summed E-state index contributed by atoms with van der Waals surface area (Å²) in [4.78, 5) is 14.6. The second-order valence-electron chi connectivity index (χ2n) is 8.56. The molecule has 9 heteroatoms. The largest absolute Gasteiger partial charge is 0.495 e. The van der Waals surface area contributed by atoms with Gasteiger partial charge in [0, 0.05) is 24.2 Å². The summed E-state index contributed by atoms with van der Waals surface area (Å²) in [6, 6.07) is 16.6. The highest BCUT2D eigenvalue weighted by molar-refractivity contribution is 7.73. The van der Waals surface area contributed by atoms with E-state index in [4.69, 9.17) is 22.1 Å². The van der Waals surface area contributed by atoms with Gasteiger partial charge in [-0.3, -0.25) is 9.69 Å². The van der Waals surface area contributed by atoms with Crippen LogP contribution in [-0.2, 0) is 13.2 Å². The molecule has 1 heterocycles. The molecule has 2 saturated carbocycles. The summed E-state index contributed by atoms with van der Waals surface area (Å²) in [6.45, 7) is 1.43. The zero-order chi connectivity index (χ0) is 22.8.